The number of phosphoric acid groups is 1. The zero-order valence-corrected chi connectivity index (χ0v) is 30.8. The summed E-state index contributed by atoms with van der Waals surface area (Å²) in [5.74, 6) is 0. The average molecular weight is 609 g/mol. The summed E-state index contributed by atoms with van der Waals surface area (Å²) in [4.78, 5) is 0. The highest BCUT2D eigenvalue weighted by Gasteiger charge is 2.48. The number of phosphoric ester groups is 1. The first-order valence-corrected chi connectivity index (χ1v) is 19.1. The van der Waals surface area contributed by atoms with Crippen LogP contribution in [0.3, 0.4) is 0 Å². The molecule has 8 heteroatoms. The van der Waals surface area contributed by atoms with E-state index in [1.54, 1.807) is 0 Å². The second kappa shape index (κ2) is 20.9. The van der Waals surface area contributed by atoms with Crippen LogP contribution in [0.1, 0.15) is 141 Å². The Morgan fingerprint density at radius 1 is 0.390 bits per heavy atom. The maximum Gasteiger partial charge on any atom is 0.488 e. The van der Waals surface area contributed by atoms with Crippen LogP contribution in [0.15, 0.2) is 0 Å². The standard InChI is InChI=1S/C33H75N3O4P/c1-13-22-34(23-14-2,24-15-3)31(10)38-41(37,39-32(11)35(25-16-4,26-17-5)27-18-6)40-33(12)36(28-19-7,29-20-8)30-21-9/h31-33H,13-30H2,1-12H3/q+3. The van der Waals surface area contributed by atoms with E-state index in [-0.39, 0.29) is 18.7 Å². The summed E-state index contributed by atoms with van der Waals surface area (Å²) in [5, 5.41) is 0. The van der Waals surface area contributed by atoms with Gasteiger partial charge in [0.25, 0.3) is 0 Å². The molecule has 3 unspecified atom stereocenters. The van der Waals surface area contributed by atoms with Crippen LogP contribution in [-0.4, -0.2) is 91.0 Å². The predicted octanol–water partition coefficient (Wildman–Crippen LogP) is 9.32. The van der Waals surface area contributed by atoms with Gasteiger partial charge in [-0.1, -0.05) is 62.3 Å². The molecule has 0 radical (unpaired) electrons. The highest BCUT2D eigenvalue weighted by Crippen LogP contribution is 2.55. The van der Waals surface area contributed by atoms with Crippen molar-refractivity contribution < 1.29 is 31.6 Å². The van der Waals surface area contributed by atoms with Gasteiger partial charge in [0.15, 0.2) is 0 Å². The third kappa shape index (κ3) is 12.1. The molecule has 0 rings (SSSR count). The third-order valence-corrected chi connectivity index (χ3v) is 10.9. The Labute approximate surface area is 257 Å². The molecule has 0 bridgehead atoms. The molecule has 7 nitrogen and oxygen atoms in total. The van der Waals surface area contributed by atoms with Gasteiger partial charge in [0.05, 0.1) is 58.9 Å². The minimum absolute atomic E-state index is 0.282. The molecular formula is C33H75N3O4P+3. The van der Waals surface area contributed by atoms with Crippen LogP contribution in [0.4, 0.5) is 0 Å². The summed E-state index contributed by atoms with van der Waals surface area (Å²) in [6, 6.07) is 0. The summed E-state index contributed by atoms with van der Waals surface area (Å²) < 4.78 is 37.7. The average Bonchev–Trinajstić information content (AvgIpc) is 2.89. The van der Waals surface area contributed by atoms with Crippen molar-refractivity contribution in [1.29, 1.82) is 0 Å². The van der Waals surface area contributed by atoms with Crippen molar-refractivity contribution in [2.75, 3.05) is 58.9 Å². The van der Waals surface area contributed by atoms with E-state index < -0.39 is 7.82 Å². The molecule has 0 aromatic heterocycles. The predicted molar refractivity (Wildman–Crippen MR) is 176 cm³/mol. The quantitative estimate of drug-likeness (QED) is 0.0530. The molecule has 248 valence electrons. The summed E-state index contributed by atoms with van der Waals surface area (Å²) in [6.07, 6.45) is 8.65. The first kappa shape index (κ1) is 41.0. The summed E-state index contributed by atoms with van der Waals surface area (Å²) in [7, 11) is -3.94. The maximum absolute atomic E-state index is 15.1. The van der Waals surface area contributed by atoms with Crippen LogP contribution in [0, 0.1) is 0 Å². The SMILES string of the molecule is CCC[N+](CCC)(CCC)C(C)OP(=O)(OC(C)[N+](CCC)(CCC)CCC)OC(C)[N+](CCC)(CCC)CCC. The van der Waals surface area contributed by atoms with Crippen LogP contribution in [0.25, 0.3) is 0 Å². The highest BCUT2D eigenvalue weighted by atomic mass is 31.2. The second-order valence-corrected chi connectivity index (χ2v) is 14.3. The van der Waals surface area contributed by atoms with E-state index in [2.05, 4.69) is 83.1 Å². The van der Waals surface area contributed by atoms with Gasteiger partial charge in [0.1, 0.15) is 0 Å². The Morgan fingerprint density at radius 3 is 0.659 bits per heavy atom. The Kier molecular flexibility index (Phi) is 20.9. The molecule has 0 fully saturated rings. The van der Waals surface area contributed by atoms with Gasteiger partial charge in [-0.3, -0.25) is 13.4 Å². The van der Waals surface area contributed by atoms with Gasteiger partial charge in [-0.05, 0) is 57.8 Å². The minimum Gasteiger partial charge on any atom is -0.298 e. The summed E-state index contributed by atoms with van der Waals surface area (Å²) in [5.41, 5.74) is 0. The van der Waals surface area contributed by atoms with Gasteiger partial charge in [-0.25, -0.2) is 18.1 Å². The number of hydrogen-bond donors (Lipinski definition) is 0. The lowest BCUT2D eigenvalue weighted by Crippen LogP contribution is -2.59. The van der Waals surface area contributed by atoms with E-state index in [0.717, 1.165) is 130 Å². The fourth-order valence-corrected chi connectivity index (χ4v) is 9.46. The van der Waals surface area contributed by atoms with Crippen molar-refractivity contribution >= 4 is 7.82 Å². The Bertz CT molecular complexity index is 567. The van der Waals surface area contributed by atoms with E-state index in [0.29, 0.717) is 0 Å². The van der Waals surface area contributed by atoms with Crippen LogP contribution in [0.2, 0.25) is 0 Å². The molecule has 41 heavy (non-hydrogen) atoms. The number of nitrogens with zero attached hydrogens (tertiary/aromatic N) is 3. The van der Waals surface area contributed by atoms with Crippen LogP contribution < -0.4 is 0 Å². The Balaban J connectivity index is 6.80. The topological polar surface area (TPSA) is 44.8 Å². The van der Waals surface area contributed by atoms with Gasteiger partial charge in [-0.15, -0.1) is 0 Å². The molecule has 0 amide bonds. The van der Waals surface area contributed by atoms with E-state index >= 15 is 4.57 Å². The van der Waals surface area contributed by atoms with Gasteiger partial charge < -0.3 is 0 Å². The summed E-state index contributed by atoms with van der Waals surface area (Å²) >= 11 is 0. The lowest BCUT2D eigenvalue weighted by atomic mass is 10.2. The van der Waals surface area contributed by atoms with E-state index in [1.165, 1.54) is 0 Å². The number of hydrogen-bond acceptors (Lipinski definition) is 4. The van der Waals surface area contributed by atoms with E-state index in [9.17, 15) is 0 Å². The molecule has 0 aliphatic heterocycles. The smallest absolute Gasteiger partial charge is 0.298 e. The largest absolute Gasteiger partial charge is 0.488 e. The second-order valence-electron chi connectivity index (χ2n) is 12.7. The van der Waals surface area contributed by atoms with Crippen molar-refractivity contribution in [1.82, 2.24) is 0 Å². The first-order chi connectivity index (χ1) is 19.4. The number of quaternary nitrogens is 3. The lowest BCUT2D eigenvalue weighted by molar-refractivity contribution is -0.973. The van der Waals surface area contributed by atoms with Crippen molar-refractivity contribution in [2.45, 2.75) is 160 Å². The normalized spacial score (nSPS) is 16.9. The molecule has 0 aliphatic rings. The third-order valence-electron chi connectivity index (χ3n) is 9.18. The summed E-state index contributed by atoms with van der Waals surface area (Å²) in [6.45, 7) is 35.4. The first-order valence-electron chi connectivity index (χ1n) is 17.7. The van der Waals surface area contributed by atoms with E-state index in [4.69, 9.17) is 13.6 Å². The van der Waals surface area contributed by atoms with E-state index in [1.807, 2.05) is 0 Å². The molecule has 3 atom stereocenters. The highest BCUT2D eigenvalue weighted by molar-refractivity contribution is 7.48. The van der Waals surface area contributed by atoms with Crippen LogP contribution in [0.5, 0.6) is 0 Å². The van der Waals surface area contributed by atoms with Crippen molar-refractivity contribution in [3.05, 3.63) is 0 Å². The Hall–Kier alpha value is -0.0100. The molecular weight excluding hydrogens is 533 g/mol. The fraction of sp³-hybridized carbons (Fsp3) is 1.00. The fourth-order valence-electron chi connectivity index (χ4n) is 7.59. The number of rotatable bonds is 27. The van der Waals surface area contributed by atoms with Crippen molar-refractivity contribution in [3.8, 4) is 0 Å². The minimum atomic E-state index is -3.94. The molecule has 0 heterocycles. The maximum atomic E-state index is 15.1. The van der Waals surface area contributed by atoms with Gasteiger partial charge in [0, 0.05) is 20.8 Å². The molecule has 0 spiro atoms. The Morgan fingerprint density at radius 2 is 0.537 bits per heavy atom. The van der Waals surface area contributed by atoms with Crippen molar-refractivity contribution in [2.24, 2.45) is 0 Å². The van der Waals surface area contributed by atoms with Crippen LogP contribution in [-0.2, 0) is 18.1 Å². The molecule has 0 aliphatic carbocycles. The van der Waals surface area contributed by atoms with Gasteiger partial charge >= 0.3 is 7.82 Å². The van der Waals surface area contributed by atoms with Crippen LogP contribution >= 0.6 is 7.82 Å². The molecule has 0 aromatic carbocycles. The van der Waals surface area contributed by atoms with Crippen molar-refractivity contribution in [3.63, 3.8) is 0 Å². The molecule has 0 aromatic rings. The van der Waals surface area contributed by atoms with Gasteiger partial charge in [0.2, 0.25) is 18.7 Å². The zero-order valence-electron chi connectivity index (χ0n) is 29.9. The zero-order chi connectivity index (χ0) is 31.6. The van der Waals surface area contributed by atoms with Gasteiger partial charge in [-0.2, -0.15) is 0 Å². The molecule has 0 saturated heterocycles. The monoisotopic (exact) mass is 609 g/mol. The molecule has 0 N–H and O–H groups in total. The lowest BCUT2D eigenvalue weighted by Gasteiger charge is -2.47. The molecule has 0 saturated carbocycles.